The van der Waals surface area contributed by atoms with Gasteiger partial charge in [0.1, 0.15) is 5.82 Å². The number of nitrogens with zero attached hydrogens (tertiary/aromatic N) is 4. The zero-order valence-electron chi connectivity index (χ0n) is 11.3. The standard InChI is InChI=1S/C13H14ClF3N4/c1-7-2-3-8(13(15,16)17)6-9(7)11-19-20-12-10(14)18-4-5-21(11)12/h4-5,7-9H,2-3,6H2,1H3/t7-,8+,9+/m0/s1. The Morgan fingerprint density at radius 2 is 2.05 bits per heavy atom. The lowest BCUT2D eigenvalue weighted by atomic mass is 9.74. The summed E-state index contributed by atoms with van der Waals surface area (Å²) in [6, 6.07) is 0. The van der Waals surface area contributed by atoms with Crippen LogP contribution in [0.2, 0.25) is 5.15 Å². The molecule has 0 saturated heterocycles. The van der Waals surface area contributed by atoms with Crippen LogP contribution in [-0.2, 0) is 0 Å². The first-order valence-corrected chi connectivity index (χ1v) is 7.17. The van der Waals surface area contributed by atoms with Crippen molar-refractivity contribution in [2.45, 2.75) is 38.3 Å². The number of fused-ring (bicyclic) bond motifs is 1. The zero-order chi connectivity index (χ0) is 15.2. The molecule has 0 unspecified atom stereocenters. The molecule has 2 aromatic rings. The molecule has 0 aliphatic heterocycles. The summed E-state index contributed by atoms with van der Waals surface area (Å²) in [5, 5.41) is 8.22. The zero-order valence-corrected chi connectivity index (χ0v) is 12.1. The Kier molecular flexibility index (Phi) is 3.55. The van der Waals surface area contributed by atoms with E-state index in [9.17, 15) is 13.2 Å². The highest BCUT2D eigenvalue weighted by Gasteiger charge is 2.45. The Hall–Kier alpha value is -1.37. The Balaban J connectivity index is 1.98. The molecule has 3 rings (SSSR count). The number of aromatic nitrogens is 4. The summed E-state index contributed by atoms with van der Waals surface area (Å²) < 4.78 is 40.6. The van der Waals surface area contributed by atoms with Crippen LogP contribution in [0.3, 0.4) is 0 Å². The minimum absolute atomic E-state index is 0.0470. The van der Waals surface area contributed by atoms with Crippen molar-refractivity contribution < 1.29 is 13.2 Å². The number of rotatable bonds is 1. The Labute approximate surface area is 124 Å². The molecule has 2 aromatic heterocycles. The Bertz CT molecular complexity index is 654. The van der Waals surface area contributed by atoms with Gasteiger partial charge in [0, 0.05) is 18.3 Å². The Morgan fingerprint density at radius 3 is 2.76 bits per heavy atom. The van der Waals surface area contributed by atoms with Gasteiger partial charge in [0.05, 0.1) is 5.92 Å². The first-order valence-electron chi connectivity index (χ1n) is 6.79. The number of hydrogen-bond donors (Lipinski definition) is 0. The van der Waals surface area contributed by atoms with Gasteiger partial charge in [-0.05, 0) is 25.2 Å². The van der Waals surface area contributed by atoms with Crippen LogP contribution in [0.15, 0.2) is 12.4 Å². The largest absolute Gasteiger partial charge is 0.391 e. The molecule has 8 heteroatoms. The van der Waals surface area contributed by atoms with E-state index in [1.165, 1.54) is 6.20 Å². The maximum absolute atomic E-state index is 13.0. The van der Waals surface area contributed by atoms with Crippen molar-refractivity contribution in [2.24, 2.45) is 11.8 Å². The van der Waals surface area contributed by atoms with Gasteiger partial charge in [-0.25, -0.2) is 4.98 Å². The van der Waals surface area contributed by atoms with Gasteiger partial charge in [0.2, 0.25) is 0 Å². The van der Waals surface area contributed by atoms with Crippen molar-refractivity contribution in [3.8, 4) is 0 Å². The molecule has 0 amide bonds. The summed E-state index contributed by atoms with van der Waals surface area (Å²) in [5.41, 5.74) is 0.385. The first-order chi connectivity index (χ1) is 9.88. The molecule has 3 atom stereocenters. The topological polar surface area (TPSA) is 43.1 Å². The molecular formula is C13H14ClF3N4. The Morgan fingerprint density at radius 1 is 1.29 bits per heavy atom. The lowest BCUT2D eigenvalue weighted by Crippen LogP contribution is -2.32. The molecule has 0 spiro atoms. The van der Waals surface area contributed by atoms with Crippen molar-refractivity contribution in [3.05, 3.63) is 23.4 Å². The van der Waals surface area contributed by atoms with Crippen molar-refractivity contribution >= 4 is 17.2 Å². The molecule has 21 heavy (non-hydrogen) atoms. The lowest BCUT2D eigenvalue weighted by molar-refractivity contribution is -0.185. The van der Waals surface area contributed by atoms with Crippen LogP contribution in [0.5, 0.6) is 0 Å². The highest BCUT2D eigenvalue weighted by molar-refractivity contribution is 6.32. The molecular weight excluding hydrogens is 305 g/mol. The summed E-state index contributed by atoms with van der Waals surface area (Å²) in [5.74, 6) is -0.888. The highest BCUT2D eigenvalue weighted by Crippen LogP contribution is 2.45. The molecule has 1 aliphatic rings. The third-order valence-electron chi connectivity index (χ3n) is 4.30. The minimum atomic E-state index is -4.15. The average Bonchev–Trinajstić information content (AvgIpc) is 2.83. The molecule has 2 heterocycles. The fourth-order valence-corrected chi connectivity index (χ4v) is 3.23. The molecule has 1 saturated carbocycles. The van der Waals surface area contributed by atoms with E-state index in [1.807, 2.05) is 6.92 Å². The van der Waals surface area contributed by atoms with E-state index >= 15 is 0 Å². The van der Waals surface area contributed by atoms with Crippen molar-refractivity contribution in [2.75, 3.05) is 0 Å². The summed E-state index contributed by atoms with van der Waals surface area (Å²) in [6.45, 7) is 1.96. The molecule has 0 radical (unpaired) electrons. The third-order valence-corrected chi connectivity index (χ3v) is 4.57. The second-order valence-electron chi connectivity index (χ2n) is 5.61. The lowest BCUT2D eigenvalue weighted by Gasteiger charge is -2.34. The number of hydrogen-bond acceptors (Lipinski definition) is 3. The van der Waals surface area contributed by atoms with Crippen LogP contribution >= 0.6 is 11.6 Å². The number of halogens is 4. The molecule has 1 fully saturated rings. The van der Waals surface area contributed by atoms with E-state index in [0.29, 0.717) is 17.9 Å². The molecule has 0 bridgehead atoms. The second kappa shape index (κ2) is 5.12. The highest BCUT2D eigenvalue weighted by atomic mass is 35.5. The van der Waals surface area contributed by atoms with Gasteiger partial charge in [0.25, 0.3) is 0 Å². The van der Waals surface area contributed by atoms with E-state index in [4.69, 9.17) is 11.6 Å². The monoisotopic (exact) mass is 318 g/mol. The SMILES string of the molecule is C[C@H]1CC[C@@H](C(F)(F)F)C[C@H]1c1nnc2c(Cl)nccn12. The van der Waals surface area contributed by atoms with Crippen LogP contribution in [0, 0.1) is 11.8 Å². The predicted octanol–water partition coefficient (Wildman–Crippen LogP) is 3.86. The molecule has 114 valence electrons. The van der Waals surface area contributed by atoms with Gasteiger partial charge >= 0.3 is 6.18 Å². The number of alkyl halides is 3. The van der Waals surface area contributed by atoms with Crippen molar-refractivity contribution in [3.63, 3.8) is 0 Å². The van der Waals surface area contributed by atoms with Crippen LogP contribution in [0.4, 0.5) is 13.2 Å². The molecule has 0 aromatic carbocycles. The average molecular weight is 319 g/mol. The molecule has 4 nitrogen and oxygen atoms in total. The summed E-state index contributed by atoms with van der Waals surface area (Å²) in [7, 11) is 0. The quantitative estimate of drug-likeness (QED) is 0.802. The van der Waals surface area contributed by atoms with Gasteiger partial charge in [-0.2, -0.15) is 13.2 Å². The van der Waals surface area contributed by atoms with Crippen LogP contribution in [0.1, 0.15) is 37.9 Å². The van der Waals surface area contributed by atoms with Gasteiger partial charge < -0.3 is 0 Å². The first kappa shape index (κ1) is 14.6. The molecule has 1 aliphatic carbocycles. The summed E-state index contributed by atoms with van der Waals surface area (Å²) >= 11 is 5.93. The minimum Gasteiger partial charge on any atom is -0.282 e. The maximum atomic E-state index is 13.0. The van der Waals surface area contributed by atoms with Crippen LogP contribution < -0.4 is 0 Å². The van der Waals surface area contributed by atoms with E-state index in [1.54, 1.807) is 10.6 Å². The summed E-state index contributed by atoms with van der Waals surface area (Å²) in [4.78, 5) is 3.90. The van der Waals surface area contributed by atoms with E-state index in [-0.39, 0.29) is 29.8 Å². The van der Waals surface area contributed by atoms with Crippen LogP contribution in [0.25, 0.3) is 5.65 Å². The van der Waals surface area contributed by atoms with Gasteiger partial charge in [-0.15, -0.1) is 10.2 Å². The fourth-order valence-electron chi connectivity index (χ4n) is 3.05. The molecule has 0 N–H and O–H groups in total. The van der Waals surface area contributed by atoms with Crippen molar-refractivity contribution in [1.82, 2.24) is 19.6 Å². The second-order valence-corrected chi connectivity index (χ2v) is 5.96. The third kappa shape index (κ3) is 2.59. The summed E-state index contributed by atoms with van der Waals surface area (Å²) in [6.07, 6.45) is -0.260. The van der Waals surface area contributed by atoms with E-state index < -0.39 is 12.1 Å². The van der Waals surface area contributed by atoms with E-state index in [2.05, 4.69) is 15.2 Å². The normalized spacial score (nSPS) is 27.2. The maximum Gasteiger partial charge on any atom is 0.391 e. The fraction of sp³-hybridized carbons (Fsp3) is 0.615. The van der Waals surface area contributed by atoms with Gasteiger partial charge in [0.15, 0.2) is 10.8 Å². The van der Waals surface area contributed by atoms with Crippen molar-refractivity contribution in [1.29, 1.82) is 0 Å². The smallest absolute Gasteiger partial charge is 0.282 e. The van der Waals surface area contributed by atoms with Gasteiger partial charge in [-0.3, -0.25) is 4.40 Å². The predicted molar refractivity (Wildman–Crippen MR) is 71.1 cm³/mol. The van der Waals surface area contributed by atoms with E-state index in [0.717, 1.165) is 0 Å². The van der Waals surface area contributed by atoms with Crippen LogP contribution in [-0.4, -0.2) is 25.8 Å². The van der Waals surface area contributed by atoms with Gasteiger partial charge in [-0.1, -0.05) is 18.5 Å².